The summed E-state index contributed by atoms with van der Waals surface area (Å²) >= 11 is 0. The Morgan fingerprint density at radius 1 is 1.08 bits per heavy atom. The Morgan fingerprint density at radius 3 is 2.50 bits per heavy atom. The molecule has 1 fully saturated rings. The van der Waals surface area contributed by atoms with E-state index in [1.807, 2.05) is 29.2 Å². The number of piperazine rings is 1. The minimum Gasteiger partial charge on any atom is -0.496 e. The van der Waals surface area contributed by atoms with Crippen molar-refractivity contribution in [2.45, 2.75) is 0 Å². The maximum Gasteiger partial charge on any atom is 0.246 e. The Hall–Kier alpha value is -2.89. The molecule has 6 nitrogen and oxygen atoms in total. The molecule has 2 heterocycles. The Bertz CT molecular complexity index is 710. The molecule has 1 aliphatic rings. The predicted octanol–water partition coefficient (Wildman–Crippen LogP) is 1.85. The van der Waals surface area contributed by atoms with Gasteiger partial charge >= 0.3 is 0 Å². The Kier molecular flexibility index (Phi) is 5.05. The summed E-state index contributed by atoms with van der Waals surface area (Å²) in [6.45, 7) is 2.79. The topological polar surface area (TPSA) is 58.6 Å². The smallest absolute Gasteiger partial charge is 0.246 e. The van der Waals surface area contributed by atoms with Crippen molar-refractivity contribution in [3.8, 4) is 5.75 Å². The van der Waals surface area contributed by atoms with Crippen LogP contribution >= 0.6 is 0 Å². The lowest BCUT2D eigenvalue weighted by atomic mass is 10.2. The minimum atomic E-state index is 0.00883. The third kappa shape index (κ3) is 3.71. The van der Waals surface area contributed by atoms with E-state index in [9.17, 15) is 4.79 Å². The van der Waals surface area contributed by atoms with Crippen LogP contribution in [0.3, 0.4) is 0 Å². The molecular formula is C18H20N4O2. The van der Waals surface area contributed by atoms with E-state index in [4.69, 9.17) is 4.74 Å². The molecule has 0 aliphatic carbocycles. The number of carbonyl (C=O) groups excluding carboxylic acids is 1. The number of amides is 1. The van der Waals surface area contributed by atoms with Gasteiger partial charge in [0, 0.05) is 50.2 Å². The Labute approximate surface area is 141 Å². The van der Waals surface area contributed by atoms with Crippen LogP contribution in [0.5, 0.6) is 5.75 Å². The number of para-hydroxylation sites is 1. The van der Waals surface area contributed by atoms with E-state index in [0.717, 1.165) is 24.4 Å². The van der Waals surface area contributed by atoms with Gasteiger partial charge in [0.25, 0.3) is 0 Å². The monoisotopic (exact) mass is 324 g/mol. The lowest BCUT2D eigenvalue weighted by molar-refractivity contribution is -0.126. The number of benzene rings is 1. The number of rotatable bonds is 4. The van der Waals surface area contributed by atoms with Gasteiger partial charge in [-0.25, -0.2) is 9.97 Å². The van der Waals surface area contributed by atoms with Gasteiger partial charge in [-0.1, -0.05) is 18.2 Å². The van der Waals surface area contributed by atoms with Crippen LogP contribution in [0.2, 0.25) is 0 Å². The van der Waals surface area contributed by atoms with Crippen LogP contribution in [0.15, 0.2) is 48.8 Å². The van der Waals surface area contributed by atoms with Crippen molar-refractivity contribution in [3.05, 3.63) is 54.4 Å². The molecule has 1 aliphatic heterocycles. The maximum absolute atomic E-state index is 12.4. The van der Waals surface area contributed by atoms with Crippen molar-refractivity contribution in [1.82, 2.24) is 14.9 Å². The molecule has 0 saturated carbocycles. The number of anilines is 1. The first-order valence-electron chi connectivity index (χ1n) is 7.90. The van der Waals surface area contributed by atoms with Crippen molar-refractivity contribution in [2.75, 3.05) is 38.2 Å². The first-order valence-corrected chi connectivity index (χ1v) is 7.90. The molecule has 1 saturated heterocycles. The molecule has 0 unspecified atom stereocenters. The van der Waals surface area contributed by atoms with Crippen molar-refractivity contribution >= 4 is 17.9 Å². The molecule has 0 radical (unpaired) electrons. The Balaban J connectivity index is 1.58. The van der Waals surface area contributed by atoms with Gasteiger partial charge in [0.05, 0.1) is 7.11 Å². The third-order valence-electron chi connectivity index (χ3n) is 3.97. The van der Waals surface area contributed by atoms with Crippen molar-refractivity contribution in [3.63, 3.8) is 0 Å². The minimum absolute atomic E-state index is 0.00883. The fourth-order valence-electron chi connectivity index (χ4n) is 2.65. The fourth-order valence-corrected chi connectivity index (χ4v) is 2.65. The van der Waals surface area contributed by atoms with Gasteiger partial charge in [0.1, 0.15) is 5.75 Å². The Morgan fingerprint density at radius 2 is 1.79 bits per heavy atom. The van der Waals surface area contributed by atoms with E-state index in [0.29, 0.717) is 19.0 Å². The number of aromatic nitrogens is 2. The van der Waals surface area contributed by atoms with E-state index in [1.54, 1.807) is 37.7 Å². The average Bonchev–Trinajstić information content (AvgIpc) is 2.67. The number of methoxy groups -OCH3 is 1. The van der Waals surface area contributed by atoms with Gasteiger partial charge in [-0.15, -0.1) is 0 Å². The highest BCUT2D eigenvalue weighted by molar-refractivity contribution is 5.92. The van der Waals surface area contributed by atoms with E-state index in [2.05, 4.69) is 14.9 Å². The zero-order valence-electron chi connectivity index (χ0n) is 13.6. The zero-order chi connectivity index (χ0) is 16.8. The van der Waals surface area contributed by atoms with Crippen LogP contribution < -0.4 is 9.64 Å². The van der Waals surface area contributed by atoms with E-state index in [-0.39, 0.29) is 5.91 Å². The van der Waals surface area contributed by atoms with Crippen LogP contribution in [-0.4, -0.2) is 54.1 Å². The number of hydrogen-bond donors (Lipinski definition) is 0. The molecule has 1 aromatic heterocycles. The van der Waals surface area contributed by atoms with Crippen LogP contribution in [-0.2, 0) is 4.79 Å². The lowest BCUT2D eigenvalue weighted by Crippen LogP contribution is -2.48. The third-order valence-corrected chi connectivity index (χ3v) is 3.97. The average molecular weight is 324 g/mol. The highest BCUT2D eigenvalue weighted by atomic mass is 16.5. The van der Waals surface area contributed by atoms with Crippen molar-refractivity contribution in [1.29, 1.82) is 0 Å². The van der Waals surface area contributed by atoms with Gasteiger partial charge in [0.2, 0.25) is 11.9 Å². The fraction of sp³-hybridized carbons (Fsp3) is 0.278. The second-order valence-corrected chi connectivity index (χ2v) is 5.44. The molecule has 6 heteroatoms. The van der Waals surface area contributed by atoms with Crippen LogP contribution in [0, 0.1) is 0 Å². The molecule has 0 bridgehead atoms. The summed E-state index contributed by atoms with van der Waals surface area (Å²) in [5, 5.41) is 0. The van der Waals surface area contributed by atoms with E-state index >= 15 is 0 Å². The first kappa shape index (κ1) is 16.0. The lowest BCUT2D eigenvalue weighted by Gasteiger charge is -2.34. The van der Waals surface area contributed by atoms with E-state index in [1.165, 1.54) is 0 Å². The summed E-state index contributed by atoms with van der Waals surface area (Å²) in [6.07, 6.45) is 6.87. The SMILES string of the molecule is COc1ccccc1/C=C/C(=O)N1CCN(c2ncccn2)CC1. The molecule has 1 amide bonds. The summed E-state index contributed by atoms with van der Waals surface area (Å²) in [5.41, 5.74) is 0.893. The molecule has 24 heavy (non-hydrogen) atoms. The van der Waals surface area contributed by atoms with Gasteiger partial charge in [0.15, 0.2) is 0 Å². The van der Waals surface area contributed by atoms with Crippen LogP contribution in [0.4, 0.5) is 5.95 Å². The highest BCUT2D eigenvalue weighted by Crippen LogP contribution is 2.19. The number of ether oxygens (including phenoxy) is 1. The van der Waals surface area contributed by atoms with Gasteiger partial charge in [-0.05, 0) is 18.2 Å². The molecule has 0 atom stereocenters. The quantitative estimate of drug-likeness (QED) is 0.803. The molecule has 124 valence electrons. The molecule has 0 spiro atoms. The summed E-state index contributed by atoms with van der Waals surface area (Å²) < 4.78 is 5.29. The van der Waals surface area contributed by atoms with Crippen LogP contribution in [0.1, 0.15) is 5.56 Å². The second kappa shape index (κ2) is 7.59. The molecule has 1 aromatic carbocycles. The van der Waals surface area contributed by atoms with E-state index < -0.39 is 0 Å². The van der Waals surface area contributed by atoms with Gasteiger partial charge in [-0.3, -0.25) is 4.79 Å². The number of hydrogen-bond acceptors (Lipinski definition) is 5. The summed E-state index contributed by atoms with van der Waals surface area (Å²) in [7, 11) is 1.62. The first-order chi connectivity index (χ1) is 11.8. The summed E-state index contributed by atoms with van der Waals surface area (Å²) in [5.74, 6) is 1.48. The molecule has 3 rings (SSSR count). The number of carbonyl (C=O) groups is 1. The normalized spacial score (nSPS) is 14.9. The number of nitrogens with zero attached hydrogens (tertiary/aromatic N) is 4. The maximum atomic E-state index is 12.4. The molecule has 2 aromatic rings. The second-order valence-electron chi connectivity index (χ2n) is 5.44. The van der Waals surface area contributed by atoms with Crippen LogP contribution in [0.25, 0.3) is 6.08 Å². The van der Waals surface area contributed by atoms with Gasteiger partial charge < -0.3 is 14.5 Å². The molecule has 0 N–H and O–H groups in total. The van der Waals surface area contributed by atoms with Crippen molar-refractivity contribution < 1.29 is 9.53 Å². The summed E-state index contributed by atoms with van der Waals surface area (Å²) in [6, 6.07) is 9.43. The predicted molar refractivity (Wildman–Crippen MR) is 92.9 cm³/mol. The zero-order valence-corrected chi connectivity index (χ0v) is 13.6. The largest absolute Gasteiger partial charge is 0.496 e. The summed E-state index contributed by atoms with van der Waals surface area (Å²) in [4.78, 5) is 24.8. The standard InChI is InChI=1S/C18H20N4O2/c1-24-16-6-3-2-5-15(16)7-8-17(23)21-11-13-22(14-12-21)18-19-9-4-10-20-18/h2-10H,11-14H2,1H3/b8-7+. The van der Waals surface area contributed by atoms with Crippen molar-refractivity contribution in [2.24, 2.45) is 0 Å². The molecular weight excluding hydrogens is 304 g/mol. The highest BCUT2D eigenvalue weighted by Gasteiger charge is 2.21. The van der Waals surface area contributed by atoms with Gasteiger partial charge in [-0.2, -0.15) is 0 Å².